The Morgan fingerprint density at radius 3 is 2.74 bits per heavy atom. The summed E-state index contributed by atoms with van der Waals surface area (Å²) >= 11 is 5.97. The minimum Gasteiger partial charge on any atom is -0.393 e. The Morgan fingerprint density at radius 2 is 2.11 bits per heavy atom. The van der Waals surface area contributed by atoms with Gasteiger partial charge >= 0.3 is 6.03 Å². The first-order chi connectivity index (χ1) is 8.91. The van der Waals surface area contributed by atoms with E-state index in [-0.39, 0.29) is 11.9 Å². The number of benzene rings is 1. The highest BCUT2D eigenvalue weighted by atomic mass is 35.5. The van der Waals surface area contributed by atoms with E-state index in [2.05, 4.69) is 10.6 Å². The maximum absolute atomic E-state index is 11.7. The molecule has 1 rings (SSSR count). The minimum atomic E-state index is -0.395. The normalized spacial score (nSPS) is 12.3. The fourth-order valence-corrected chi connectivity index (χ4v) is 1.75. The van der Waals surface area contributed by atoms with Crippen LogP contribution in [0, 0.1) is 12.8 Å². The second-order valence-corrected chi connectivity index (χ2v) is 5.30. The number of hydrogen-bond donors (Lipinski definition) is 3. The number of aliphatic hydroxyl groups is 1. The lowest BCUT2D eigenvalue weighted by Crippen LogP contribution is -2.32. The van der Waals surface area contributed by atoms with Gasteiger partial charge in [-0.2, -0.15) is 0 Å². The molecule has 0 heterocycles. The van der Waals surface area contributed by atoms with E-state index < -0.39 is 6.10 Å². The van der Waals surface area contributed by atoms with E-state index in [1.807, 2.05) is 20.8 Å². The van der Waals surface area contributed by atoms with E-state index in [0.717, 1.165) is 5.56 Å². The number of anilines is 1. The summed E-state index contributed by atoms with van der Waals surface area (Å²) in [5.74, 6) is 0.194. The third-order valence-corrected chi connectivity index (χ3v) is 3.42. The molecule has 0 bridgehead atoms. The molecule has 0 saturated carbocycles. The Balaban J connectivity index is 2.41. The van der Waals surface area contributed by atoms with Crippen LogP contribution in [-0.2, 0) is 0 Å². The quantitative estimate of drug-likeness (QED) is 0.778. The zero-order valence-electron chi connectivity index (χ0n) is 11.5. The molecule has 0 aliphatic rings. The smallest absolute Gasteiger partial charge is 0.319 e. The van der Waals surface area contributed by atoms with Crippen molar-refractivity contribution in [2.75, 3.05) is 11.9 Å². The summed E-state index contributed by atoms with van der Waals surface area (Å²) in [6.07, 6.45) is 0.146. The van der Waals surface area contributed by atoms with Crippen molar-refractivity contribution < 1.29 is 9.90 Å². The first kappa shape index (κ1) is 15.8. The summed E-state index contributed by atoms with van der Waals surface area (Å²) < 4.78 is 0. The second-order valence-electron chi connectivity index (χ2n) is 4.89. The molecule has 3 N–H and O–H groups in total. The first-order valence-corrected chi connectivity index (χ1v) is 6.77. The number of halogens is 1. The van der Waals surface area contributed by atoms with Crippen LogP contribution in [0.25, 0.3) is 0 Å². The van der Waals surface area contributed by atoms with Gasteiger partial charge in [-0.25, -0.2) is 4.79 Å². The number of amides is 2. The maximum atomic E-state index is 11.7. The number of carbonyl (C=O) groups is 1. The van der Waals surface area contributed by atoms with Crippen molar-refractivity contribution in [2.24, 2.45) is 5.92 Å². The van der Waals surface area contributed by atoms with Gasteiger partial charge in [-0.1, -0.05) is 31.5 Å². The fourth-order valence-electron chi connectivity index (χ4n) is 1.58. The summed E-state index contributed by atoms with van der Waals surface area (Å²) in [4.78, 5) is 11.7. The molecule has 5 heteroatoms. The van der Waals surface area contributed by atoms with Crippen LogP contribution in [0.1, 0.15) is 25.8 Å². The molecule has 1 unspecified atom stereocenters. The van der Waals surface area contributed by atoms with Crippen LogP contribution in [0.2, 0.25) is 5.02 Å². The van der Waals surface area contributed by atoms with Gasteiger partial charge in [0.05, 0.1) is 6.10 Å². The molecular weight excluding hydrogens is 264 g/mol. The Bertz CT molecular complexity index is 435. The zero-order valence-corrected chi connectivity index (χ0v) is 12.3. The monoisotopic (exact) mass is 284 g/mol. The summed E-state index contributed by atoms with van der Waals surface area (Å²) in [6.45, 7) is 6.17. The molecule has 1 aromatic rings. The number of urea groups is 1. The molecule has 0 radical (unpaired) electrons. The minimum absolute atomic E-state index is 0.194. The van der Waals surface area contributed by atoms with Gasteiger partial charge in [0.25, 0.3) is 0 Å². The molecule has 0 aliphatic carbocycles. The maximum Gasteiger partial charge on any atom is 0.319 e. The molecule has 0 aliphatic heterocycles. The van der Waals surface area contributed by atoms with E-state index in [1.165, 1.54) is 0 Å². The Labute approximate surface area is 119 Å². The zero-order chi connectivity index (χ0) is 14.4. The summed E-state index contributed by atoms with van der Waals surface area (Å²) in [7, 11) is 0. The van der Waals surface area contributed by atoms with Crippen molar-refractivity contribution in [1.82, 2.24) is 5.32 Å². The van der Waals surface area contributed by atoms with Gasteiger partial charge in [0.2, 0.25) is 0 Å². The van der Waals surface area contributed by atoms with E-state index in [9.17, 15) is 9.90 Å². The summed E-state index contributed by atoms with van der Waals surface area (Å²) in [5.41, 5.74) is 1.52. The predicted octanol–water partition coefficient (Wildman–Crippen LogP) is 3.18. The third-order valence-electron chi connectivity index (χ3n) is 3.01. The van der Waals surface area contributed by atoms with Crippen molar-refractivity contribution >= 4 is 23.3 Å². The van der Waals surface area contributed by atoms with Crippen LogP contribution in [0.15, 0.2) is 18.2 Å². The summed E-state index contributed by atoms with van der Waals surface area (Å²) in [6, 6.07) is 5.07. The van der Waals surface area contributed by atoms with Crippen LogP contribution >= 0.6 is 11.6 Å². The van der Waals surface area contributed by atoms with Crippen LogP contribution in [0.5, 0.6) is 0 Å². The number of rotatable bonds is 5. The number of carbonyl (C=O) groups excluding carboxylic acids is 1. The van der Waals surface area contributed by atoms with Crippen LogP contribution in [-0.4, -0.2) is 23.8 Å². The van der Waals surface area contributed by atoms with Crippen LogP contribution < -0.4 is 10.6 Å². The lowest BCUT2D eigenvalue weighted by Gasteiger charge is -2.15. The van der Waals surface area contributed by atoms with Crippen molar-refractivity contribution in [1.29, 1.82) is 0 Å². The van der Waals surface area contributed by atoms with Crippen molar-refractivity contribution in [2.45, 2.75) is 33.3 Å². The van der Waals surface area contributed by atoms with Crippen molar-refractivity contribution in [3.8, 4) is 0 Å². The van der Waals surface area contributed by atoms with Gasteiger partial charge < -0.3 is 15.7 Å². The molecule has 4 nitrogen and oxygen atoms in total. The fraction of sp³-hybridized carbons (Fsp3) is 0.500. The average Bonchev–Trinajstić information content (AvgIpc) is 2.34. The van der Waals surface area contributed by atoms with Gasteiger partial charge in [0.15, 0.2) is 0 Å². The Morgan fingerprint density at radius 1 is 1.42 bits per heavy atom. The number of nitrogens with one attached hydrogen (secondary N) is 2. The van der Waals surface area contributed by atoms with Crippen molar-refractivity contribution in [3.05, 3.63) is 28.8 Å². The highest BCUT2D eigenvalue weighted by molar-refractivity contribution is 6.31. The van der Waals surface area contributed by atoms with E-state index >= 15 is 0 Å². The molecule has 0 saturated heterocycles. The number of hydrogen-bond acceptors (Lipinski definition) is 2. The molecule has 0 spiro atoms. The average molecular weight is 285 g/mol. The molecule has 19 heavy (non-hydrogen) atoms. The number of aliphatic hydroxyl groups excluding tert-OH is 1. The first-order valence-electron chi connectivity index (χ1n) is 6.40. The molecular formula is C14H21ClN2O2. The second kappa shape index (κ2) is 7.36. The van der Waals surface area contributed by atoms with Crippen LogP contribution in [0.3, 0.4) is 0 Å². The third kappa shape index (κ3) is 5.09. The van der Waals surface area contributed by atoms with Gasteiger partial charge in [0.1, 0.15) is 0 Å². The molecule has 1 aromatic carbocycles. The van der Waals surface area contributed by atoms with Crippen LogP contribution in [0.4, 0.5) is 10.5 Å². The molecule has 1 atom stereocenters. The van der Waals surface area contributed by atoms with Gasteiger partial charge in [-0.15, -0.1) is 0 Å². The van der Waals surface area contributed by atoms with E-state index in [4.69, 9.17) is 11.6 Å². The molecule has 0 aromatic heterocycles. The molecule has 106 valence electrons. The largest absolute Gasteiger partial charge is 0.393 e. The van der Waals surface area contributed by atoms with Gasteiger partial charge in [-0.3, -0.25) is 0 Å². The van der Waals surface area contributed by atoms with Gasteiger partial charge in [-0.05, 0) is 37.0 Å². The van der Waals surface area contributed by atoms with E-state index in [0.29, 0.717) is 23.7 Å². The van der Waals surface area contributed by atoms with Crippen molar-refractivity contribution in [3.63, 3.8) is 0 Å². The SMILES string of the molecule is Cc1c(Cl)cccc1NC(=O)NCCC(O)C(C)C. The lowest BCUT2D eigenvalue weighted by atomic mass is 10.0. The highest BCUT2D eigenvalue weighted by Gasteiger charge is 2.10. The molecule has 2 amide bonds. The highest BCUT2D eigenvalue weighted by Crippen LogP contribution is 2.22. The molecule has 0 fully saturated rings. The Hall–Kier alpha value is -1.26. The van der Waals surface area contributed by atoms with E-state index in [1.54, 1.807) is 18.2 Å². The summed E-state index contributed by atoms with van der Waals surface area (Å²) in [5, 5.41) is 15.7. The van der Waals surface area contributed by atoms with Gasteiger partial charge in [0, 0.05) is 17.3 Å². The predicted molar refractivity (Wildman–Crippen MR) is 78.7 cm³/mol. The lowest BCUT2D eigenvalue weighted by molar-refractivity contribution is 0.117. The standard InChI is InChI=1S/C14H21ClN2O2/c1-9(2)13(18)7-8-16-14(19)17-12-6-4-5-11(15)10(12)3/h4-6,9,13,18H,7-8H2,1-3H3,(H2,16,17,19). The topological polar surface area (TPSA) is 61.4 Å². The Kier molecular flexibility index (Phi) is 6.12.